The van der Waals surface area contributed by atoms with E-state index in [0.29, 0.717) is 21.1 Å². The van der Waals surface area contributed by atoms with E-state index >= 15 is 0 Å². The maximum absolute atomic E-state index is 6.07. The van der Waals surface area contributed by atoms with Gasteiger partial charge in [-0.1, -0.05) is 55.1 Å². The van der Waals surface area contributed by atoms with Gasteiger partial charge in [0.15, 0.2) is 0 Å². The molecule has 0 aromatic heterocycles. The van der Waals surface area contributed by atoms with Gasteiger partial charge in [-0.2, -0.15) is 0 Å². The number of alkyl halides is 1. The van der Waals surface area contributed by atoms with Crippen LogP contribution >= 0.6 is 55.1 Å². The molecule has 0 amide bonds. The van der Waals surface area contributed by atoms with Crippen LogP contribution in [0, 0.1) is 0 Å². The van der Waals surface area contributed by atoms with Crippen LogP contribution in [0.25, 0.3) is 0 Å². The largest absolute Gasteiger partial charge is 0.455 e. The zero-order valence-corrected chi connectivity index (χ0v) is 13.8. The molecule has 2 aromatic carbocycles. The number of halogens is 4. The molecule has 2 rings (SSSR count). The third-order valence-corrected chi connectivity index (χ3v) is 3.92. The van der Waals surface area contributed by atoms with E-state index in [1.807, 2.05) is 18.2 Å². The van der Waals surface area contributed by atoms with Crippen LogP contribution in [-0.2, 0) is 5.33 Å². The lowest BCUT2D eigenvalue weighted by Crippen LogP contribution is -1.90. The van der Waals surface area contributed by atoms with Crippen LogP contribution < -0.4 is 4.74 Å². The van der Waals surface area contributed by atoms with Crippen LogP contribution in [0.4, 0.5) is 0 Å². The van der Waals surface area contributed by atoms with Crippen molar-refractivity contribution in [2.24, 2.45) is 0 Å². The predicted octanol–water partition coefficient (Wildman–Crippen LogP) is 6.44. The van der Waals surface area contributed by atoms with E-state index in [-0.39, 0.29) is 0 Å². The highest BCUT2D eigenvalue weighted by molar-refractivity contribution is 9.10. The van der Waals surface area contributed by atoms with E-state index in [1.54, 1.807) is 18.2 Å². The van der Waals surface area contributed by atoms with E-state index in [2.05, 4.69) is 31.9 Å². The van der Waals surface area contributed by atoms with Gasteiger partial charge in [0.2, 0.25) is 0 Å². The smallest absolute Gasteiger partial charge is 0.147 e. The minimum absolute atomic E-state index is 0.530. The van der Waals surface area contributed by atoms with Gasteiger partial charge in [-0.3, -0.25) is 0 Å². The highest BCUT2D eigenvalue weighted by atomic mass is 79.9. The Morgan fingerprint density at radius 2 is 1.78 bits per heavy atom. The van der Waals surface area contributed by atoms with Crippen molar-refractivity contribution in [2.45, 2.75) is 5.33 Å². The molecular formula is C13H8Br2Cl2O. The number of rotatable bonds is 3. The molecule has 0 spiro atoms. The van der Waals surface area contributed by atoms with Crippen molar-refractivity contribution in [3.8, 4) is 11.5 Å². The first-order valence-electron chi connectivity index (χ1n) is 5.07. The first-order chi connectivity index (χ1) is 8.60. The molecule has 18 heavy (non-hydrogen) atoms. The maximum Gasteiger partial charge on any atom is 0.147 e. The Hall–Kier alpha value is -0.220. The fourth-order valence-electron chi connectivity index (χ4n) is 1.43. The lowest BCUT2D eigenvalue weighted by molar-refractivity contribution is 0.479. The molecule has 0 N–H and O–H groups in total. The van der Waals surface area contributed by atoms with E-state index in [1.165, 1.54) is 0 Å². The molecule has 0 atom stereocenters. The molecule has 0 radical (unpaired) electrons. The summed E-state index contributed by atoms with van der Waals surface area (Å²) in [4.78, 5) is 0. The van der Waals surface area contributed by atoms with Crippen LogP contribution in [0.3, 0.4) is 0 Å². The normalized spacial score (nSPS) is 10.4. The fourth-order valence-corrected chi connectivity index (χ4v) is 2.59. The molecule has 94 valence electrons. The predicted molar refractivity (Wildman–Crippen MR) is 83.3 cm³/mol. The van der Waals surface area contributed by atoms with Crippen LogP contribution in [-0.4, -0.2) is 0 Å². The van der Waals surface area contributed by atoms with Gasteiger partial charge in [-0.15, -0.1) is 0 Å². The molecule has 0 aliphatic carbocycles. The zero-order valence-electron chi connectivity index (χ0n) is 9.09. The molecule has 0 heterocycles. The highest BCUT2D eigenvalue weighted by Crippen LogP contribution is 2.34. The summed E-state index contributed by atoms with van der Waals surface area (Å²) in [5.74, 6) is 1.30. The zero-order chi connectivity index (χ0) is 13.1. The van der Waals surface area contributed by atoms with E-state index in [0.717, 1.165) is 15.8 Å². The van der Waals surface area contributed by atoms with Gasteiger partial charge in [-0.05, 0) is 30.3 Å². The van der Waals surface area contributed by atoms with Gasteiger partial charge in [-0.25, -0.2) is 0 Å². The summed E-state index contributed by atoms with van der Waals surface area (Å²) in [7, 11) is 0. The topological polar surface area (TPSA) is 9.23 Å². The molecule has 0 aliphatic rings. The van der Waals surface area contributed by atoms with Crippen molar-refractivity contribution >= 4 is 55.1 Å². The molecule has 0 saturated heterocycles. The lowest BCUT2D eigenvalue weighted by atomic mass is 10.2. The third kappa shape index (κ3) is 3.41. The summed E-state index contributed by atoms with van der Waals surface area (Å²) in [6.45, 7) is 0. The van der Waals surface area contributed by atoms with Crippen molar-refractivity contribution in [2.75, 3.05) is 0 Å². The maximum atomic E-state index is 6.07. The number of hydrogen-bond acceptors (Lipinski definition) is 1. The Labute approximate surface area is 132 Å². The monoisotopic (exact) mass is 408 g/mol. The summed E-state index contributed by atoms with van der Waals surface area (Å²) >= 11 is 18.8. The first kappa shape index (κ1) is 14.2. The van der Waals surface area contributed by atoms with E-state index in [4.69, 9.17) is 27.9 Å². The van der Waals surface area contributed by atoms with Gasteiger partial charge in [0.05, 0.1) is 5.02 Å². The quantitative estimate of drug-likeness (QED) is 0.529. The molecule has 1 nitrogen and oxygen atoms in total. The summed E-state index contributed by atoms with van der Waals surface area (Å²) in [6, 6.07) is 10.9. The summed E-state index contributed by atoms with van der Waals surface area (Å²) in [6.07, 6.45) is 0. The molecular weight excluding hydrogens is 403 g/mol. The Kier molecular flexibility index (Phi) is 4.96. The average molecular weight is 411 g/mol. The van der Waals surface area contributed by atoms with Crippen LogP contribution in [0.5, 0.6) is 11.5 Å². The van der Waals surface area contributed by atoms with Gasteiger partial charge >= 0.3 is 0 Å². The van der Waals surface area contributed by atoms with Crippen molar-refractivity contribution in [1.29, 1.82) is 0 Å². The van der Waals surface area contributed by atoms with Crippen LogP contribution in [0.1, 0.15) is 5.56 Å². The van der Waals surface area contributed by atoms with Crippen molar-refractivity contribution in [3.05, 3.63) is 56.5 Å². The standard InChI is InChI=1S/C13H8Br2Cl2O/c14-7-8-5-9(15)1-4-12(8)18-13-6-10(16)2-3-11(13)17/h1-6H,7H2. The number of hydrogen-bond donors (Lipinski definition) is 0. The van der Waals surface area contributed by atoms with Gasteiger partial charge in [0, 0.05) is 26.5 Å². The molecule has 0 bridgehead atoms. The highest BCUT2D eigenvalue weighted by Gasteiger charge is 2.08. The number of benzene rings is 2. The first-order valence-corrected chi connectivity index (χ1v) is 7.74. The summed E-state index contributed by atoms with van der Waals surface area (Å²) in [5.41, 5.74) is 1.03. The molecule has 5 heteroatoms. The Morgan fingerprint density at radius 3 is 2.50 bits per heavy atom. The SMILES string of the molecule is Clc1ccc(Cl)c(Oc2ccc(Br)cc2CBr)c1. The van der Waals surface area contributed by atoms with Gasteiger partial charge in [0.25, 0.3) is 0 Å². The Bertz CT molecular complexity index is 573. The molecule has 0 saturated carbocycles. The minimum Gasteiger partial charge on any atom is -0.455 e. The molecule has 0 unspecified atom stereocenters. The van der Waals surface area contributed by atoms with Gasteiger partial charge < -0.3 is 4.74 Å². The second-order valence-corrected chi connectivity index (χ2v) is 5.88. The van der Waals surface area contributed by atoms with Crippen molar-refractivity contribution < 1.29 is 4.74 Å². The summed E-state index contributed by atoms with van der Waals surface area (Å²) < 4.78 is 6.80. The van der Waals surface area contributed by atoms with Crippen LogP contribution in [0.2, 0.25) is 10.0 Å². The van der Waals surface area contributed by atoms with Crippen molar-refractivity contribution in [1.82, 2.24) is 0 Å². The molecule has 2 aromatic rings. The average Bonchev–Trinajstić information content (AvgIpc) is 2.36. The number of ether oxygens (including phenoxy) is 1. The van der Waals surface area contributed by atoms with E-state index in [9.17, 15) is 0 Å². The van der Waals surface area contributed by atoms with Gasteiger partial charge in [0.1, 0.15) is 11.5 Å². The second-order valence-electron chi connectivity index (χ2n) is 3.56. The summed E-state index contributed by atoms with van der Waals surface area (Å²) in [5, 5.41) is 1.81. The second kappa shape index (κ2) is 6.29. The van der Waals surface area contributed by atoms with Crippen molar-refractivity contribution in [3.63, 3.8) is 0 Å². The minimum atomic E-state index is 0.530. The Balaban J connectivity index is 2.36. The molecule has 0 aliphatic heterocycles. The van der Waals surface area contributed by atoms with E-state index < -0.39 is 0 Å². The lowest BCUT2D eigenvalue weighted by Gasteiger charge is -2.11. The third-order valence-electron chi connectivity index (χ3n) is 2.28. The fraction of sp³-hybridized carbons (Fsp3) is 0.0769. The Morgan fingerprint density at radius 1 is 1.00 bits per heavy atom. The molecule has 0 fully saturated rings. The van der Waals surface area contributed by atoms with Crippen LogP contribution in [0.15, 0.2) is 40.9 Å².